The molecular weight excluding hydrogens is 388 g/mol. The van der Waals surface area contributed by atoms with Gasteiger partial charge in [0, 0.05) is 63.7 Å². The van der Waals surface area contributed by atoms with E-state index in [1.54, 1.807) is 21.8 Å². The van der Waals surface area contributed by atoms with Gasteiger partial charge in [-0.15, -0.1) is 0 Å². The summed E-state index contributed by atoms with van der Waals surface area (Å²) in [5.41, 5.74) is 1.24. The van der Waals surface area contributed by atoms with Gasteiger partial charge in [-0.2, -0.15) is 0 Å². The van der Waals surface area contributed by atoms with Crippen molar-refractivity contribution in [2.45, 2.75) is 4.90 Å². The zero-order valence-electron chi connectivity index (χ0n) is 5.63. The fourth-order valence-electron chi connectivity index (χ4n) is 0.734. The van der Waals surface area contributed by atoms with Crippen LogP contribution < -0.4 is 4.72 Å². The molecule has 1 aromatic rings. The maximum atomic E-state index is 3.18. The molecule has 0 aliphatic carbocycles. The van der Waals surface area contributed by atoms with Crippen LogP contribution in [0, 0.1) is 0 Å². The van der Waals surface area contributed by atoms with Crippen molar-refractivity contribution in [3.8, 4) is 0 Å². The van der Waals surface area contributed by atoms with E-state index < -0.39 is 0 Å². The predicted octanol–water partition coefficient (Wildman–Crippen LogP) is 2.01. The van der Waals surface area contributed by atoms with Crippen molar-refractivity contribution in [1.29, 1.82) is 0 Å². The zero-order chi connectivity index (χ0) is 6.10. The minimum Gasteiger partial charge on any atom is -0.319 e. The first-order valence-corrected chi connectivity index (χ1v) is 4.80. The molecular formula is C6H5NS2Sn2. The number of fused-ring (bicyclic) bond motifs is 1. The van der Waals surface area contributed by atoms with Crippen LogP contribution in [0.25, 0.3) is 0 Å². The van der Waals surface area contributed by atoms with Crippen molar-refractivity contribution < 1.29 is 0 Å². The van der Waals surface area contributed by atoms with Crippen molar-refractivity contribution in [2.75, 3.05) is 4.72 Å². The molecule has 0 unspecified atom stereocenters. The van der Waals surface area contributed by atoms with Crippen LogP contribution in [0.4, 0.5) is 5.69 Å². The third-order valence-electron chi connectivity index (χ3n) is 1.17. The Hall–Kier alpha value is 1.32. The van der Waals surface area contributed by atoms with Crippen molar-refractivity contribution in [3.63, 3.8) is 0 Å². The van der Waals surface area contributed by atoms with E-state index in [9.17, 15) is 0 Å². The molecule has 0 fully saturated rings. The Morgan fingerprint density at radius 2 is 1.82 bits per heavy atom. The normalized spacial score (nSPS) is 12.0. The molecule has 0 amide bonds. The van der Waals surface area contributed by atoms with Crippen molar-refractivity contribution in [2.24, 2.45) is 0 Å². The largest absolute Gasteiger partial charge is 0.319 e. The van der Waals surface area contributed by atoms with E-state index in [-0.39, 0.29) is 47.8 Å². The summed E-state index contributed by atoms with van der Waals surface area (Å²) in [4.78, 5) is 1.34. The average molecular weight is 393 g/mol. The number of hydrogen-bond acceptors (Lipinski definition) is 3. The summed E-state index contributed by atoms with van der Waals surface area (Å²) in [7, 11) is 3.44. The second-order valence-electron chi connectivity index (χ2n) is 1.76. The van der Waals surface area contributed by atoms with Gasteiger partial charge in [-0.25, -0.2) is 0 Å². The SMILES string of the molecule is [Sn].[Sn].c1ccc2c(c1)NSS2. The minimum atomic E-state index is 0. The Bertz CT molecular complexity index is 209. The van der Waals surface area contributed by atoms with Crippen LogP contribution in [-0.4, -0.2) is 47.8 Å². The number of para-hydroxylation sites is 1. The fraction of sp³-hybridized carbons (Fsp3) is 0. The first-order valence-electron chi connectivity index (χ1n) is 2.65. The molecule has 0 spiro atoms. The molecule has 54 valence electrons. The monoisotopic (exact) mass is 395 g/mol. The number of anilines is 1. The molecule has 1 aliphatic rings. The van der Waals surface area contributed by atoms with Crippen LogP contribution in [0.1, 0.15) is 0 Å². The second-order valence-corrected chi connectivity index (χ2v) is 3.74. The van der Waals surface area contributed by atoms with Gasteiger partial charge in [0.05, 0.1) is 5.69 Å². The fourth-order valence-corrected chi connectivity index (χ4v) is 2.64. The molecule has 1 nitrogen and oxygen atoms in total. The number of benzene rings is 1. The summed E-state index contributed by atoms with van der Waals surface area (Å²) < 4.78 is 3.18. The minimum absolute atomic E-state index is 0. The van der Waals surface area contributed by atoms with E-state index in [4.69, 9.17) is 0 Å². The Morgan fingerprint density at radius 1 is 1.09 bits per heavy atom. The summed E-state index contributed by atoms with van der Waals surface area (Å²) in [6.07, 6.45) is 0. The molecule has 1 aromatic carbocycles. The summed E-state index contributed by atoms with van der Waals surface area (Å²) in [5.74, 6) is 0. The summed E-state index contributed by atoms with van der Waals surface area (Å²) in [5, 5.41) is 0. The van der Waals surface area contributed by atoms with E-state index in [1.807, 2.05) is 6.07 Å². The molecule has 1 N–H and O–H groups in total. The van der Waals surface area contributed by atoms with Crippen molar-refractivity contribution in [3.05, 3.63) is 24.3 Å². The topological polar surface area (TPSA) is 12.0 Å². The van der Waals surface area contributed by atoms with E-state index >= 15 is 0 Å². The average Bonchev–Trinajstić information content (AvgIpc) is 2.33. The molecule has 11 heavy (non-hydrogen) atoms. The predicted molar refractivity (Wildman–Crippen MR) is 55.0 cm³/mol. The Balaban J connectivity index is 0.000000500. The Labute approximate surface area is 108 Å². The molecule has 1 aliphatic heterocycles. The van der Waals surface area contributed by atoms with Gasteiger partial charge in [0.2, 0.25) is 0 Å². The molecule has 0 aromatic heterocycles. The molecule has 1 heterocycles. The first kappa shape index (κ1) is 12.3. The van der Waals surface area contributed by atoms with Crippen LogP contribution in [0.15, 0.2) is 29.2 Å². The quantitative estimate of drug-likeness (QED) is 0.412. The van der Waals surface area contributed by atoms with E-state index in [1.165, 1.54) is 10.6 Å². The Morgan fingerprint density at radius 3 is 2.55 bits per heavy atom. The van der Waals surface area contributed by atoms with Gasteiger partial charge < -0.3 is 4.72 Å². The van der Waals surface area contributed by atoms with Gasteiger partial charge in [-0.1, -0.05) is 12.1 Å². The Kier molecular flexibility index (Phi) is 6.58. The standard InChI is InChI=1S/C6H5NS2.2Sn/c1-2-4-6-5(3-1)7-9-8-6;;/h1-4,7H;;. The van der Waals surface area contributed by atoms with Gasteiger partial charge >= 0.3 is 0 Å². The van der Waals surface area contributed by atoms with Gasteiger partial charge in [0.1, 0.15) is 0 Å². The van der Waals surface area contributed by atoms with Crippen molar-refractivity contribution >= 4 is 75.3 Å². The van der Waals surface area contributed by atoms with Crippen LogP contribution in [0.2, 0.25) is 0 Å². The van der Waals surface area contributed by atoms with E-state index in [2.05, 4.69) is 22.9 Å². The maximum absolute atomic E-state index is 3.18. The number of rotatable bonds is 0. The second kappa shape index (κ2) is 5.88. The molecule has 5 heteroatoms. The van der Waals surface area contributed by atoms with Crippen LogP contribution >= 0.6 is 21.8 Å². The molecule has 8 radical (unpaired) electrons. The third kappa shape index (κ3) is 2.93. The number of hydrogen-bond donors (Lipinski definition) is 1. The van der Waals surface area contributed by atoms with E-state index in [0.29, 0.717) is 0 Å². The number of nitrogens with one attached hydrogen (secondary N) is 1. The zero-order valence-corrected chi connectivity index (χ0v) is 13.0. The molecule has 0 saturated heterocycles. The third-order valence-corrected chi connectivity index (χ3v) is 3.13. The molecule has 2 rings (SSSR count). The summed E-state index contributed by atoms with van der Waals surface area (Å²) in [6.45, 7) is 0. The van der Waals surface area contributed by atoms with Gasteiger partial charge in [0.25, 0.3) is 0 Å². The summed E-state index contributed by atoms with van der Waals surface area (Å²) in [6, 6.07) is 8.30. The van der Waals surface area contributed by atoms with Gasteiger partial charge in [-0.05, 0) is 22.9 Å². The maximum Gasteiger partial charge on any atom is 0.0593 e. The van der Waals surface area contributed by atoms with Crippen molar-refractivity contribution in [1.82, 2.24) is 0 Å². The van der Waals surface area contributed by atoms with Crippen LogP contribution in [0.5, 0.6) is 0 Å². The van der Waals surface area contributed by atoms with Crippen LogP contribution in [0.3, 0.4) is 0 Å². The van der Waals surface area contributed by atoms with E-state index in [0.717, 1.165) is 0 Å². The van der Waals surface area contributed by atoms with Gasteiger partial charge in [0.15, 0.2) is 0 Å². The molecule has 0 bridgehead atoms. The molecule has 0 atom stereocenters. The smallest absolute Gasteiger partial charge is 0.0593 e. The van der Waals surface area contributed by atoms with Crippen LogP contribution in [-0.2, 0) is 0 Å². The first-order chi connectivity index (χ1) is 4.47. The molecule has 0 saturated carbocycles. The van der Waals surface area contributed by atoms with Gasteiger partial charge in [-0.3, -0.25) is 0 Å². The summed E-state index contributed by atoms with van der Waals surface area (Å²) >= 11 is 0.